The molecule has 2 fully saturated rings. The highest BCUT2D eigenvalue weighted by Gasteiger charge is 2.33. The maximum absolute atomic E-state index is 4.73. The van der Waals surface area contributed by atoms with Crippen molar-refractivity contribution in [3.63, 3.8) is 0 Å². The summed E-state index contributed by atoms with van der Waals surface area (Å²) in [7, 11) is 0. The molecule has 5 heteroatoms. The first-order valence-electron chi connectivity index (χ1n) is 8.00. The Balaban J connectivity index is 1.59. The van der Waals surface area contributed by atoms with Gasteiger partial charge in [0.1, 0.15) is 5.52 Å². The van der Waals surface area contributed by atoms with E-state index in [0.717, 1.165) is 30.1 Å². The lowest BCUT2D eigenvalue weighted by Gasteiger charge is -2.30. The summed E-state index contributed by atoms with van der Waals surface area (Å²) in [6, 6.07) is 9.13. The molecule has 1 saturated carbocycles. The van der Waals surface area contributed by atoms with E-state index in [2.05, 4.69) is 20.4 Å². The van der Waals surface area contributed by atoms with E-state index in [4.69, 9.17) is 4.98 Å². The van der Waals surface area contributed by atoms with Crippen LogP contribution in [0.2, 0.25) is 0 Å². The van der Waals surface area contributed by atoms with Gasteiger partial charge < -0.3 is 10.2 Å². The molecule has 0 spiro atoms. The smallest absolute Gasteiger partial charge is 0.246 e. The second-order valence-electron chi connectivity index (χ2n) is 6.13. The molecule has 1 atom stereocenters. The van der Waals surface area contributed by atoms with Crippen LogP contribution in [-0.2, 0) is 0 Å². The minimum Gasteiger partial charge on any atom is -0.335 e. The van der Waals surface area contributed by atoms with Crippen LogP contribution in [0.3, 0.4) is 0 Å². The summed E-state index contributed by atoms with van der Waals surface area (Å²) in [5.74, 6) is 0.795. The summed E-state index contributed by atoms with van der Waals surface area (Å²) in [5, 5.41) is 12.3. The van der Waals surface area contributed by atoms with Crippen molar-refractivity contribution in [3.8, 4) is 0 Å². The van der Waals surface area contributed by atoms with Crippen molar-refractivity contribution < 1.29 is 0 Å². The third-order valence-electron chi connectivity index (χ3n) is 4.42. The number of fused-ring (bicyclic) bond motifs is 1. The van der Waals surface area contributed by atoms with Gasteiger partial charge in [-0.3, -0.25) is 0 Å². The summed E-state index contributed by atoms with van der Waals surface area (Å²) < 4.78 is 0. The Morgan fingerprint density at radius 1 is 1.05 bits per heavy atom. The third kappa shape index (κ3) is 2.83. The number of para-hydroxylation sites is 1. The van der Waals surface area contributed by atoms with Crippen LogP contribution >= 0.6 is 0 Å². The number of piperidine rings is 1. The van der Waals surface area contributed by atoms with Crippen LogP contribution in [0.1, 0.15) is 32.1 Å². The minimum absolute atomic E-state index is 0.564. The molecule has 0 amide bonds. The molecule has 0 bridgehead atoms. The predicted molar refractivity (Wildman–Crippen MR) is 83.3 cm³/mol. The quantitative estimate of drug-likeness (QED) is 0.931. The lowest BCUT2D eigenvalue weighted by molar-refractivity contribution is 0.397. The molecule has 4 rings (SSSR count). The zero-order chi connectivity index (χ0) is 14.1. The van der Waals surface area contributed by atoms with Crippen LogP contribution in [0, 0.1) is 0 Å². The van der Waals surface area contributed by atoms with Crippen molar-refractivity contribution in [1.82, 2.24) is 20.5 Å². The first kappa shape index (κ1) is 13.0. The summed E-state index contributed by atoms with van der Waals surface area (Å²) in [5.41, 5.74) is 1.80. The van der Waals surface area contributed by atoms with Gasteiger partial charge in [0, 0.05) is 18.6 Å². The van der Waals surface area contributed by atoms with Gasteiger partial charge in [-0.15, -0.1) is 10.2 Å². The predicted octanol–water partition coefficient (Wildman–Crippen LogP) is 2.14. The molecule has 5 nitrogen and oxygen atoms in total. The van der Waals surface area contributed by atoms with Crippen molar-refractivity contribution in [2.24, 2.45) is 0 Å². The molecule has 2 aromatic rings. The number of nitrogens with zero attached hydrogens (tertiary/aromatic N) is 4. The van der Waals surface area contributed by atoms with Crippen LogP contribution in [-0.4, -0.2) is 40.4 Å². The average Bonchev–Trinajstić information content (AvgIpc) is 3.38. The summed E-state index contributed by atoms with van der Waals surface area (Å²) in [4.78, 5) is 7.09. The molecule has 110 valence electrons. The Morgan fingerprint density at radius 3 is 2.67 bits per heavy atom. The Labute approximate surface area is 124 Å². The Morgan fingerprint density at radius 2 is 1.90 bits per heavy atom. The van der Waals surface area contributed by atoms with Crippen LogP contribution in [0.4, 0.5) is 5.95 Å². The van der Waals surface area contributed by atoms with E-state index < -0.39 is 0 Å². The van der Waals surface area contributed by atoms with Crippen LogP contribution in [0.15, 0.2) is 24.3 Å². The molecule has 1 saturated heterocycles. The molecule has 1 aromatic carbocycles. The van der Waals surface area contributed by atoms with Crippen molar-refractivity contribution in [2.75, 3.05) is 18.0 Å². The molecule has 1 aliphatic carbocycles. The standard InChI is InChI=1S/C16H21N5/c1-2-7-15-14(6-1)18-16(20-19-15)21(13-8-9-13)11-12-5-3-4-10-17-12/h1-2,6-7,12-13,17H,3-5,8-11H2. The summed E-state index contributed by atoms with van der Waals surface area (Å²) in [6.07, 6.45) is 6.39. The van der Waals surface area contributed by atoms with Gasteiger partial charge >= 0.3 is 0 Å². The topological polar surface area (TPSA) is 53.9 Å². The SMILES string of the molecule is c1ccc2nc(N(CC3CCCCN3)C3CC3)nnc2c1. The van der Waals surface area contributed by atoms with Crippen molar-refractivity contribution >= 4 is 17.0 Å². The van der Waals surface area contributed by atoms with Gasteiger partial charge in [0.15, 0.2) is 0 Å². The third-order valence-corrected chi connectivity index (χ3v) is 4.42. The second-order valence-corrected chi connectivity index (χ2v) is 6.13. The highest BCUT2D eigenvalue weighted by molar-refractivity contribution is 5.74. The lowest BCUT2D eigenvalue weighted by atomic mass is 10.0. The largest absolute Gasteiger partial charge is 0.335 e. The van der Waals surface area contributed by atoms with E-state index in [0.29, 0.717) is 12.1 Å². The van der Waals surface area contributed by atoms with E-state index in [1.807, 2.05) is 24.3 Å². The normalized spacial score (nSPS) is 22.4. The van der Waals surface area contributed by atoms with Gasteiger partial charge in [-0.1, -0.05) is 18.6 Å². The van der Waals surface area contributed by atoms with Crippen LogP contribution in [0.5, 0.6) is 0 Å². The number of nitrogens with one attached hydrogen (secondary N) is 1. The van der Waals surface area contributed by atoms with Gasteiger partial charge in [0.05, 0.1) is 5.52 Å². The Kier molecular flexibility index (Phi) is 3.43. The number of anilines is 1. The summed E-state index contributed by atoms with van der Waals surface area (Å²) >= 11 is 0. The fourth-order valence-electron chi connectivity index (χ4n) is 3.09. The highest BCUT2D eigenvalue weighted by atomic mass is 15.3. The first-order chi connectivity index (χ1) is 10.4. The first-order valence-corrected chi connectivity index (χ1v) is 8.00. The van der Waals surface area contributed by atoms with Gasteiger partial charge in [-0.05, 0) is 44.4 Å². The summed E-state index contributed by atoms with van der Waals surface area (Å²) in [6.45, 7) is 2.14. The fraction of sp³-hybridized carbons (Fsp3) is 0.562. The molecule has 2 aliphatic rings. The number of hydrogen-bond acceptors (Lipinski definition) is 5. The van der Waals surface area contributed by atoms with Crippen molar-refractivity contribution in [1.29, 1.82) is 0 Å². The molecule has 0 radical (unpaired) electrons. The molecule has 21 heavy (non-hydrogen) atoms. The molecule has 1 unspecified atom stereocenters. The molecular weight excluding hydrogens is 262 g/mol. The lowest BCUT2D eigenvalue weighted by Crippen LogP contribution is -2.45. The number of benzene rings is 1. The second kappa shape index (κ2) is 5.56. The van der Waals surface area contributed by atoms with E-state index in [1.165, 1.54) is 32.1 Å². The molecule has 2 heterocycles. The minimum atomic E-state index is 0.564. The van der Waals surface area contributed by atoms with Gasteiger partial charge in [-0.25, -0.2) is 4.98 Å². The Bertz CT molecular complexity index is 619. The fourth-order valence-corrected chi connectivity index (χ4v) is 3.09. The van der Waals surface area contributed by atoms with Crippen LogP contribution in [0.25, 0.3) is 11.0 Å². The van der Waals surface area contributed by atoms with Gasteiger partial charge in [0.2, 0.25) is 5.95 Å². The number of hydrogen-bond donors (Lipinski definition) is 1. The zero-order valence-electron chi connectivity index (χ0n) is 12.2. The molecule has 1 N–H and O–H groups in total. The van der Waals surface area contributed by atoms with E-state index in [9.17, 15) is 0 Å². The van der Waals surface area contributed by atoms with Gasteiger partial charge in [0.25, 0.3) is 0 Å². The number of aromatic nitrogens is 3. The zero-order valence-corrected chi connectivity index (χ0v) is 12.2. The van der Waals surface area contributed by atoms with Crippen LogP contribution < -0.4 is 10.2 Å². The maximum atomic E-state index is 4.73. The van der Waals surface area contributed by atoms with E-state index in [-0.39, 0.29) is 0 Å². The van der Waals surface area contributed by atoms with Crippen molar-refractivity contribution in [2.45, 2.75) is 44.2 Å². The monoisotopic (exact) mass is 283 g/mol. The molecular formula is C16H21N5. The molecule has 1 aliphatic heterocycles. The average molecular weight is 283 g/mol. The number of rotatable bonds is 4. The molecule has 1 aromatic heterocycles. The highest BCUT2D eigenvalue weighted by Crippen LogP contribution is 2.30. The van der Waals surface area contributed by atoms with E-state index >= 15 is 0 Å². The van der Waals surface area contributed by atoms with Gasteiger partial charge in [-0.2, -0.15) is 0 Å². The maximum Gasteiger partial charge on any atom is 0.246 e. The Hall–Kier alpha value is -1.75. The van der Waals surface area contributed by atoms with Crippen molar-refractivity contribution in [3.05, 3.63) is 24.3 Å². The van der Waals surface area contributed by atoms with E-state index in [1.54, 1.807) is 0 Å².